The zero-order chi connectivity index (χ0) is 22.3. The highest BCUT2D eigenvalue weighted by atomic mass is 79.9. The second-order valence-electron chi connectivity index (χ2n) is 6.99. The molecule has 0 spiro atoms. The van der Waals surface area contributed by atoms with Gasteiger partial charge in [-0.25, -0.2) is 4.39 Å². The van der Waals surface area contributed by atoms with E-state index in [1.165, 1.54) is 23.9 Å². The van der Waals surface area contributed by atoms with Crippen molar-refractivity contribution in [1.82, 2.24) is 20.1 Å². The van der Waals surface area contributed by atoms with E-state index < -0.39 is 0 Å². The number of benzene rings is 3. The number of rotatable bonds is 8. The molecule has 162 valence electrons. The number of nitrogens with zero attached hydrogens (tertiary/aromatic N) is 3. The fourth-order valence-corrected chi connectivity index (χ4v) is 4.40. The molecule has 1 N–H and O–H groups in total. The summed E-state index contributed by atoms with van der Waals surface area (Å²) in [6, 6.07) is 23.9. The van der Waals surface area contributed by atoms with Crippen LogP contribution < -0.4 is 5.32 Å². The molecule has 8 heteroatoms. The molecule has 0 unspecified atom stereocenters. The van der Waals surface area contributed by atoms with Gasteiger partial charge in [0.15, 0.2) is 11.0 Å². The first-order valence-electron chi connectivity index (χ1n) is 10.0. The fraction of sp³-hybridized carbons (Fsp3) is 0.125. The number of carbonyl (C=O) groups excluding carboxylic acids is 1. The number of hydrogen-bond acceptors (Lipinski definition) is 4. The molecule has 0 saturated heterocycles. The minimum atomic E-state index is -0.291. The van der Waals surface area contributed by atoms with Crippen LogP contribution in [0.5, 0.6) is 0 Å². The van der Waals surface area contributed by atoms with Crippen LogP contribution in [0.25, 0.3) is 17.1 Å². The first kappa shape index (κ1) is 22.2. The summed E-state index contributed by atoms with van der Waals surface area (Å²) in [5.41, 5.74) is 2.75. The number of carbonyl (C=O) groups is 1. The molecule has 0 fully saturated rings. The quantitative estimate of drug-likeness (QED) is 0.312. The van der Waals surface area contributed by atoms with E-state index in [-0.39, 0.29) is 11.7 Å². The third kappa shape index (κ3) is 5.63. The number of nitrogens with one attached hydrogen (secondary N) is 1. The Morgan fingerprint density at radius 2 is 1.78 bits per heavy atom. The lowest BCUT2D eigenvalue weighted by atomic mass is 10.2. The van der Waals surface area contributed by atoms with Gasteiger partial charge in [-0.1, -0.05) is 70.2 Å². The highest BCUT2D eigenvalue weighted by Crippen LogP contribution is 2.29. The molecular weight excluding hydrogens is 491 g/mol. The Balaban J connectivity index is 1.44. The third-order valence-electron chi connectivity index (χ3n) is 4.69. The molecule has 1 amide bonds. The molecule has 3 aromatic carbocycles. The summed E-state index contributed by atoms with van der Waals surface area (Å²) < 4.78 is 16.0. The van der Waals surface area contributed by atoms with Gasteiger partial charge in [-0.05, 0) is 42.0 Å². The van der Waals surface area contributed by atoms with E-state index in [1.54, 1.807) is 12.1 Å². The van der Waals surface area contributed by atoms with Gasteiger partial charge in [0.25, 0.3) is 0 Å². The lowest BCUT2D eigenvalue weighted by Gasteiger charge is -2.10. The fourth-order valence-electron chi connectivity index (χ4n) is 3.11. The predicted octanol–water partition coefficient (Wildman–Crippen LogP) is 5.63. The van der Waals surface area contributed by atoms with Gasteiger partial charge in [0.05, 0.1) is 0 Å². The molecule has 1 aromatic heterocycles. The van der Waals surface area contributed by atoms with Crippen LogP contribution in [0.2, 0.25) is 0 Å². The van der Waals surface area contributed by atoms with Gasteiger partial charge in [-0.2, -0.15) is 0 Å². The molecular formula is C24H20BrFN4OS. The summed E-state index contributed by atoms with van der Waals surface area (Å²) >= 11 is 5.00. The molecule has 0 aliphatic carbocycles. The van der Waals surface area contributed by atoms with Gasteiger partial charge in [-0.15, -0.1) is 10.2 Å². The molecule has 4 rings (SSSR count). The van der Waals surface area contributed by atoms with E-state index in [0.29, 0.717) is 18.7 Å². The van der Waals surface area contributed by atoms with Gasteiger partial charge in [0.2, 0.25) is 5.91 Å². The largest absolute Gasteiger partial charge is 0.352 e. The summed E-state index contributed by atoms with van der Waals surface area (Å²) in [7, 11) is 0. The van der Waals surface area contributed by atoms with Crippen molar-refractivity contribution >= 4 is 33.6 Å². The molecule has 0 bridgehead atoms. The van der Waals surface area contributed by atoms with E-state index in [9.17, 15) is 9.18 Å². The van der Waals surface area contributed by atoms with Crippen LogP contribution in [0.1, 0.15) is 12.0 Å². The molecule has 4 aromatic rings. The van der Waals surface area contributed by atoms with Crippen molar-refractivity contribution in [2.24, 2.45) is 0 Å². The molecule has 0 atom stereocenters. The average Bonchev–Trinajstić information content (AvgIpc) is 3.23. The lowest BCUT2D eigenvalue weighted by Crippen LogP contribution is -2.23. The second kappa shape index (κ2) is 10.6. The molecule has 1 heterocycles. The Morgan fingerprint density at radius 3 is 2.53 bits per heavy atom. The number of amides is 1. The van der Waals surface area contributed by atoms with Crippen molar-refractivity contribution in [3.8, 4) is 17.1 Å². The SMILES string of the molecule is O=C(CCSc1nnc(-c2cccc(Br)c2)n1-c1ccccc1)NCc1ccc(F)cc1. The predicted molar refractivity (Wildman–Crippen MR) is 128 cm³/mol. The summed E-state index contributed by atoms with van der Waals surface area (Å²) in [6.07, 6.45) is 0.333. The van der Waals surface area contributed by atoms with Crippen molar-refractivity contribution in [1.29, 1.82) is 0 Å². The van der Waals surface area contributed by atoms with E-state index in [4.69, 9.17) is 0 Å². The Labute approximate surface area is 198 Å². The van der Waals surface area contributed by atoms with Gasteiger partial charge < -0.3 is 5.32 Å². The molecule has 5 nitrogen and oxygen atoms in total. The summed E-state index contributed by atoms with van der Waals surface area (Å²) in [4.78, 5) is 12.2. The first-order chi connectivity index (χ1) is 15.6. The standard InChI is InChI=1S/C24H20BrFN4OS/c25-19-6-4-5-18(15-19)23-28-29-24(30(23)21-7-2-1-3-8-21)32-14-13-22(31)27-16-17-9-11-20(26)12-10-17/h1-12,15H,13-14,16H2,(H,27,31). The van der Waals surface area contributed by atoms with Crippen molar-refractivity contribution in [2.75, 3.05) is 5.75 Å². The second-order valence-corrected chi connectivity index (χ2v) is 8.97. The topological polar surface area (TPSA) is 59.8 Å². The minimum Gasteiger partial charge on any atom is -0.352 e. The zero-order valence-corrected chi connectivity index (χ0v) is 19.4. The zero-order valence-electron chi connectivity index (χ0n) is 17.0. The van der Waals surface area contributed by atoms with Gasteiger partial charge >= 0.3 is 0 Å². The van der Waals surface area contributed by atoms with E-state index in [0.717, 1.165) is 32.3 Å². The number of hydrogen-bond donors (Lipinski definition) is 1. The Kier molecular flexibility index (Phi) is 7.34. The smallest absolute Gasteiger partial charge is 0.221 e. The maximum absolute atomic E-state index is 13.0. The van der Waals surface area contributed by atoms with Gasteiger partial charge in [-0.3, -0.25) is 9.36 Å². The number of halogens is 2. The van der Waals surface area contributed by atoms with Crippen molar-refractivity contribution < 1.29 is 9.18 Å². The van der Waals surface area contributed by atoms with Crippen LogP contribution in [0.15, 0.2) is 88.5 Å². The van der Waals surface area contributed by atoms with Crippen LogP contribution in [0, 0.1) is 5.82 Å². The Hall–Kier alpha value is -2.97. The summed E-state index contributed by atoms with van der Waals surface area (Å²) in [5.74, 6) is 0.931. The molecule has 0 aliphatic heterocycles. The summed E-state index contributed by atoms with van der Waals surface area (Å²) in [5, 5.41) is 12.4. The number of thioether (sulfide) groups is 1. The molecule has 0 saturated carbocycles. The monoisotopic (exact) mass is 510 g/mol. The van der Waals surface area contributed by atoms with E-state index in [1.807, 2.05) is 59.2 Å². The van der Waals surface area contributed by atoms with Gasteiger partial charge in [0, 0.05) is 34.4 Å². The highest BCUT2D eigenvalue weighted by Gasteiger charge is 2.16. The number of aromatic nitrogens is 3. The van der Waals surface area contributed by atoms with Gasteiger partial charge in [0.1, 0.15) is 5.82 Å². The van der Waals surface area contributed by atoms with Crippen molar-refractivity contribution in [3.63, 3.8) is 0 Å². The molecule has 0 aliphatic rings. The Morgan fingerprint density at radius 1 is 1.00 bits per heavy atom. The third-order valence-corrected chi connectivity index (χ3v) is 6.12. The minimum absolute atomic E-state index is 0.0696. The van der Waals surface area contributed by atoms with E-state index >= 15 is 0 Å². The van der Waals surface area contributed by atoms with Crippen LogP contribution in [0.4, 0.5) is 4.39 Å². The van der Waals surface area contributed by atoms with E-state index in [2.05, 4.69) is 31.4 Å². The van der Waals surface area contributed by atoms with Crippen LogP contribution in [-0.2, 0) is 11.3 Å². The maximum Gasteiger partial charge on any atom is 0.221 e. The number of para-hydroxylation sites is 1. The Bertz CT molecular complexity index is 1200. The van der Waals surface area contributed by atoms with Crippen LogP contribution >= 0.6 is 27.7 Å². The maximum atomic E-state index is 13.0. The lowest BCUT2D eigenvalue weighted by molar-refractivity contribution is -0.120. The normalized spacial score (nSPS) is 10.8. The molecule has 0 radical (unpaired) electrons. The van der Waals surface area contributed by atoms with Crippen molar-refractivity contribution in [2.45, 2.75) is 18.1 Å². The first-order valence-corrected chi connectivity index (χ1v) is 11.8. The van der Waals surface area contributed by atoms with Crippen molar-refractivity contribution in [3.05, 3.63) is 94.7 Å². The van der Waals surface area contributed by atoms with Crippen LogP contribution in [-0.4, -0.2) is 26.4 Å². The molecule has 32 heavy (non-hydrogen) atoms. The summed E-state index contributed by atoms with van der Waals surface area (Å²) in [6.45, 7) is 0.372. The highest BCUT2D eigenvalue weighted by molar-refractivity contribution is 9.10. The average molecular weight is 511 g/mol. The van der Waals surface area contributed by atoms with Crippen LogP contribution in [0.3, 0.4) is 0 Å².